The van der Waals surface area contributed by atoms with E-state index in [4.69, 9.17) is 9.73 Å². The molecule has 2 aliphatic heterocycles. The van der Waals surface area contributed by atoms with Crippen LogP contribution in [0.3, 0.4) is 0 Å². The molecule has 1 atom stereocenters. The Kier molecular flexibility index (Phi) is 4.83. The van der Waals surface area contributed by atoms with Crippen molar-refractivity contribution in [3.8, 4) is 17.0 Å². The average Bonchev–Trinajstić information content (AvgIpc) is 3.06. The summed E-state index contributed by atoms with van der Waals surface area (Å²) >= 11 is 0. The van der Waals surface area contributed by atoms with Gasteiger partial charge in [0.2, 0.25) is 5.91 Å². The Balaban J connectivity index is 1.71. The number of ether oxygens (including phenoxy) is 1. The van der Waals surface area contributed by atoms with Gasteiger partial charge in [-0.3, -0.25) is 9.79 Å². The maximum atomic E-state index is 14.5. The topological polar surface area (TPSA) is 76.5 Å². The van der Waals surface area contributed by atoms with E-state index < -0.39 is 0 Å². The molecule has 4 rings (SSSR count). The molecule has 28 heavy (non-hydrogen) atoms. The summed E-state index contributed by atoms with van der Waals surface area (Å²) in [6, 6.07) is 6.42. The van der Waals surface area contributed by atoms with E-state index in [0.717, 1.165) is 30.7 Å². The standard InChI is InChI=1S/C21H23FN4O2/c1-3-28-14-4-5-16(22)15(11-14)18-10-13(2)24-20(25-18)17-6-7-21(26-17)8-9-23-19(27)12-21/h4-5,10-11H,3,6-9,12H2,1-2H3,(H,23,27)/t21-/m0/s1. The second-order valence-corrected chi connectivity index (χ2v) is 7.35. The van der Waals surface area contributed by atoms with E-state index >= 15 is 0 Å². The predicted molar refractivity (Wildman–Crippen MR) is 104 cm³/mol. The van der Waals surface area contributed by atoms with E-state index in [2.05, 4.69) is 15.3 Å². The third-order valence-electron chi connectivity index (χ3n) is 5.24. The highest BCUT2D eigenvalue weighted by molar-refractivity contribution is 6.00. The molecule has 0 bridgehead atoms. The van der Waals surface area contributed by atoms with Crippen molar-refractivity contribution in [1.82, 2.24) is 15.3 Å². The quantitative estimate of drug-likeness (QED) is 0.881. The highest BCUT2D eigenvalue weighted by Gasteiger charge is 2.40. The fourth-order valence-electron chi connectivity index (χ4n) is 3.90. The van der Waals surface area contributed by atoms with Crippen molar-refractivity contribution >= 4 is 11.6 Å². The molecular formula is C21H23FN4O2. The van der Waals surface area contributed by atoms with Crippen LogP contribution in [-0.2, 0) is 4.79 Å². The van der Waals surface area contributed by atoms with Crippen LogP contribution in [0.1, 0.15) is 44.1 Å². The minimum absolute atomic E-state index is 0.0388. The number of hydrogen-bond donors (Lipinski definition) is 1. The van der Waals surface area contributed by atoms with Gasteiger partial charge in [-0.05, 0) is 57.4 Å². The Morgan fingerprint density at radius 2 is 2.11 bits per heavy atom. The van der Waals surface area contributed by atoms with Gasteiger partial charge in [-0.15, -0.1) is 0 Å². The smallest absolute Gasteiger partial charge is 0.222 e. The van der Waals surface area contributed by atoms with Crippen LogP contribution in [0.2, 0.25) is 0 Å². The van der Waals surface area contributed by atoms with Crippen LogP contribution in [-0.4, -0.2) is 40.3 Å². The second kappa shape index (κ2) is 7.30. The number of carbonyl (C=O) groups is 1. The van der Waals surface area contributed by atoms with E-state index in [0.29, 0.717) is 42.4 Å². The molecule has 0 aliphatic carbocycles. The Morgan fingerprint density at radius 3 is 2.89 bits per heavy atom. The molecule has 2 aliphatic rings. The zero-order valence-electron chi connectivity index (χ0n) is 16.1. The fourth-order valence-corrected chi connectivity index (χ4v) is 3.90. The number of amides is 1. The molecule has 1 N–H and O–H groups in total. The van der Waals surface area contributed by atoms with Gasteiger partial charge in [-0.25, -0.2) is 14.4 Å². The van der Waals surface area contributed by atoms with Gasteiger partial charge >= 0.3 is 0 Å². The summed E-state index contributed by atoms with van der Waals surface area (Å²) in [5.74, 6) is 0.791. The first-order valence-corrected chi connectivity index (χ1v) is 9.62. The van der Waals surface area contributed by atoms with Gasteiger partial charge in [-0.2, -0.15) is 0 Å². The van der Waals surface area contributed by atoms with Crippen LogP contribution in [0.15, 0.2) is 29.3 Å². The van der Waals surface area contributed by atoms with Gasteiger partial charge < -0.3 is 10.1 Å². The van der Waals surface area contributed by atoms with Crippen molar-refractivity contribution in [2.24, 2.45) is 4.99 Å². The minimum Gasteiger partial charge on any atom is -0.494 e. The van der Waals surface area contributed by atoms with Crippen LogP contribution < -0.4 is 10.1 Å². The van der Waals surface area contributed by atoms with E-state index in [9.17, 15) is 9.18 Å². The summed E-state index contributed by atoms with van der Waals surface area (Å²) in [6.45, 7) is 4.89. The molecule has 7 heteroatoms. The molecule has 146 valence electrons. The molecule has 0 unspecified atom stereocenters. The molecule has 0 radical (unpaired) electrons. The number of halogens is 1. The highest BCUT2D eigenvalue weighted by Crippen LogP contribution is 2.36. The van der Waals surface area contributed by atoms with Gasteiger partial charge in [0.1, 0.15) is 11.6 Å². The lowest BCUT2D eigenvalue weighted by atomic mass is 9.86. The number of aliphatic imine (C=N–C) groups is 1. The Morgan fingerprint density at radius 1 is 1.25 bits per heavy atom. The van der Waals surface area contributed by atoms with Crippen molar-refractivity contribution < 1.29 is 13.9 Å². The molecule has 1 aromatic heterocycles. The second-order valence-electron chi connectivity index (χ2n) is 7.35. The summed E-state index contributed by atoms with van der Waals surface area (Å²) in [5.41, 5.74) is 2.08. The molecule has 0 saturated carbocycles. The van der Waals surface area contributed by atoms with Gasteiger partial charge in [0.25, 0.3) is 0 Å². The first-order valence-electron chi connectivity index (χ1n) is 9.62. The number of hydrogen-bond acceptors (Lipinski definition) is 5. The predicted octanol–water partition coefficient (Wildman–Crippen LogP) is 3.22. The van der Waals surface area contributed by atoms with Crippen LogP contribution in [0.25, 0.3) is 11.3 Å². The van der Waals surface area contributed by atoms with Gasteiger partial charge in [-0.1, -0.05) is 0 Å². The SMILES string of the molecule is CCOc1ccc(F)c(-c2cc(C)nc(C3=N[C@]4(CCNC(=O)C4)CC3)n2)c1. The van der Waals surface area contributed by atoms with Crippen molar-refractivity contribution in [2.45, 2.75) is 45.1 Å². The number of aromatic nitrogens is 2. The third-order valence-corrected chi connectivity index (χ3v) is 5.24. The fraction of sp³-hybridized carbons (Fsp3) is 0.429. The Labute approximate surface area is 163 Å². The third kappa shape index (κ3) is 3.61. The minimum atomic E-state index is -0.360. The van der Waals surface area contributed by atoms with Crippen molar-refractivity contribution in [2.75, 3.05) is 13.2 Å². The number of nitrogens with zero attached hydrogens (tertiary/aromatic N) is 3. The van der Waals surface area contributed by atoms with Crippen LogP contribution in [0.4, 0.5) is 4.39 Å². The number of piperidine rings is 1. The van der Waals surface area contributed by atoms with E-state index in [1.54, 1.807) is 18.2 Å². The molecular weight excluding hydrogens is 359 g/mol. The monoisotopic (exact) mass is 382 g/mol. The lowest BCUT2D eigenvalue weighted by molar-refractivity contribution is -0.123. The molecule has 1 fully saturated rings. The first kappa shape index (κ1) is 18.5. The molecule has 1 saturated heterocycles. The van der Waals surface area contributed by atoms with Crippen LogP contribution in [0.5, 0.6) is 5.75 Å². The molecule has 1 spiro atoms. The summed E-state index contributed by atoms with van der Waals surface area (Å²) in [6.07, 6.45) is 2.76. The van der Waals surface area contributed by atoms with Gasteiger partial charge in [0.15, 0.2) is 5.82 Å². The van der Waals surface area contributed by atoms with Gasteiger partial charge in [0.05, 0.1) is 30.0 Å². The zero-order chi connectivity index (χ0) is 19.7. The number of rotatable bonds is 4. The van der Waals surface area contributed by atoms with Gasteiger partial charge in [0, 0.05) is 17.8 Å². The van der Waals surface area contributed by atoms with Crippen LogP contribution in [0, 0.1) is 12.7 Å². The number of carbonyl (C=O) groups excluding carboxylic acids is 1. The van der Waals surface area contributed by atoms with Crippen molar-refractivity contribution in [1.29, 1.82) is 0 Å². The van der Waals surface area contributed by atoms with E-state index in [-0.39, 0.29) is 17.3 Å². The summed E-state index contributed by atoms with van der Waals surface area (Å²) in [5, 5.41) is 2.86. The lowest BCUT2D eigenvalue weighted by Gasteiger charge is -2.29. The zero-order valence-corrected chi connectivity index (χ0v) is 16.1. The van der Waals surface area contributed by atoms with Crippen molar-refractivity contribution in [3.05, 3.63) is 41.6 Å². The Hall–Kier alpha value is -2.83. The maximum Gasteiger partial charge on any atom is 0.222 e. The normalized spacial score (nSPS) is 21.5. The molecule has 2 aromatic rings. The maximum absolute atomic E-state index is 14.5. The Bertz CT molecular complexity index is 959. The summed E-state index contributed by atoms with van der Waals surface area (Å²) in [4.78, 5) is 25.8. The lowest BCUT2D eigenvalue weighted by Crippen LogP contribution is -2.43. The van der Waals surface area contributed by atoms with Crippen molar-refractivity contribution in [3.63, 3.8) is 0 Å². The van der Waals surface area contributed by atoms with E-state index in [1.165, 1.54) is 6.07 Å². The summed E-state index contributed by atoms with van der Waals surface area (Å²) in [7, 11) is 0. The first-order chi connectivity index (χ1) is 13.5. The summed E-state index contributed by atoms with van der Waals surface area (Å²) < 4.78 is 20.0. The number of nitrogens with one attached hydrogen (secondary N) is 1. The average molecular weight is 382 g/mol. The van der Waals surface area contributed by atoms with Crippen LogP contribution >= 0.6 is 0 Å². The largest absolute Gasteiger partial charge is 0.494 e. The van der Waals surface area contributed by atoms with E-state index in [1.807, 2.05) is 13.8 Å². The molecule has 1 amide bonds. The molecule has 1 aromatic carbocycles. The molecule has 6 nitrogen and oxygen atoms in total. The number of aryl methyl sites for hydroxylation is 1. The highest BCUT2D eigenvalue weighted by atomic mass is 19.1. The molecule has 3 heterocycles. The number of benzene rings is 1.